The van der Waals surface area contributed by atoms with Crippen LogP contribution < -0.4 is 21.3 Å². The summed E-state index contributed by atoms with van der Waals surface area (Å²) in [4.78, 5) is 83.5. The zero-order valence-corrected chi connectivity index (χ0v) is 57.0. The quantitative estimate of drug-likeness (QED) is 0.0590. The molecule has 1 saturated carbocycles. The van der Waals surface area contributed by atoms with Crippen LogP contribution >= 0.6 is 0 Å². The standard InChI is InChI=1S/C22H26FN3O.2C19H22FN3O.C16H16FN3O/c1-15(2)12-19-22(26-21(27)13-16-6-4-3-5-7-16)24-14-20(25-19)17-8-10-18(23)11-9-17;1-12(2)9-16-19(23-18(24)10-13(3)4)21-11-17(22-16)14-5-7-15(20)8-6-14;1-5-13(4)19(24)23-18-16(10-12(2)3)22-17(11-21-18)14-6-8-15(20)9-7-14;1-10(2)8-14-16(19-11(3)21)18-9-15(20-14)12-4-6-13(17)7-5-12/h8-12,14,16H,3-7,13H2,1-2H3,(H,24,26,27);5-9,11,13H,10H2,1-4H3,(H,21,23,24);6-11,13H,5H2,1-4H3,(H,21,23,24);4-9H,1-3H3,(H,18,19,21). The lowest BCUT2D eigenvalue weighted by Gasteiger charge is -2.20. The van der Waals surface area contributed by atoms with Crippen LogP contribution in [0.5, 0.6) is 0 Å². The number of amides is 4. The van der Waals surface area contributed by atoms with E-state index in [1.165, 1.54) is 74.7 Å². The molecule has 16 nitrogen and oxygen atoms in total. The van der Waals surface area contributed by atoms with Crippen LogP contribution in [0.1, 0.15) is 164 Å². The van der Waals surface area contributed by atoms with E-state index in [0.29, 0.717) is 87.6 Å². The largest absolute Gasteiger partial charge is 0.309 e. The molecule has 4 aromatic heterocycles. The molecule has 1 atom stereocenters. The molecule has 0 bridgehead atoms. The molecule has 502 valence electrons. The van der Waals surface area contributed by atoms with Gasteiger partial charge in [-0.2, -0.15) is 0 Å². The van der Waals surface area contributed by atoms with Crippen molar-refractivity contribution in [2.45, 2.75) is 141 Å². The van der Waals surface area contributed by atoms with Crippen molar-refractivity contribution < 1.29 is 36.7 Å². The van der Waals surface area contributed by atoms with Gasteiger partial charge in [0.1, 0.15) is 46.0 Å². The predicted octanol–water partition coefficient (Wildman–Crippen LogP) is 18.7. The van der Waals surface area contributed by atoms with Gasteiger partial charge in [-0.15, -0.1) is 0 Å². The number of carbonyl (C=O) groups is 4. The molecule has 8 aromatic rings. The normalized spacial score (nSPS) is 11.9. The van der Waals surface area contributed by atoms with Gasteiger partial charge in [0.2, 0.25) is 23.6 Å². The number of carbonyl (C=O) groups excluding carboxylic acids is 4. The van der Waals surface area contributed by atoms with E-state index in [-0.39, 0.29) is 58.7 Å². The first-order valence-electron chi connectivity index (χ1n) is 32.0. The summed E-state index contributed by atoms with van der Waals surface area (Å²) in [5.41, 5.74) is 12.2. The molecule has 20 heteroatoms. The zero-order valence-electron chi connectivity index (χ0n) is 57.0. The second kappa shape index (κ2) is 37.0. The highest BCUT2D eigenvalue weighted by Crippen LogP contribution is 2.29. The molecule has 4 heterocycles. The first-order chi connectivity index (χ1) is 45.7. The van der Waals surface area contributed by atoms with Gasteiger partial charge in [0, 0.05) is 47.9 Å². The van der Waals surface area contributed by atoms with Crippen LogP contribution in [-0.4, -0.2) is 63.5 Å². The fraction of sp³-hybridized carbons (Fsp3) is 0.316. The van der Waals surface area contributed by atoms with Crippen molar-refractivity contribution >= 4 is 71.2 Å². The second-order valence-corrected chi connectivity index (χ2v) is 24.8. The van der Waals surface area contributed by atoms with E-state index in [4.69, 9.17) is 0 Å². The SMILES string of the molecule is CC(=O)Nc1ncc(-c2ccc(F)cc2)nc1C=C(C)C.CC(C)=Cc1nc(-c2ccc(F)cc2)cnc1NC(=O)CC(C)C.CC(C)=Cc1nc(-c2ccc(F)cc2)cnc1NC(=O)CC1CCCCC1.CCC(C)C(=O)Nc1ncc(-c2ccc(F)cc2)nc1C=C(C)C. The number of nitrogens with zero attached hydrogens (tertiary/aromatic N) is 8. The van der Waals surface area contributed by atoms with E-state index in [2.05, 4.69) is 61.1 Å². The monoisotopic (exact) mass is 1310 g/mol. The molecular formula is C76H86F4N12O4. The predicted molar refractivity (Wildman–Crippen MR) is 377 cm³/mol. The highest BCUT2D eigenvalue weighted by molar-refractivity contribution is 5.94. The third-order valence-corrected chi connectivity index (χ3v) is 14.4. The fourth-order valence-electron chi connectivity index (χ4n) is 9.52. The van der Waals surface area contributed by atoms with Gasteiger partial charge in [0.25, 0.3) is 0 Å². The number of rotatable bonds is 18. The molecule has 4 N–H and O–H groups in total. The molecule has 1 aliphatic rings. The number of hydrogen-bond donors (Lipinski definition) is 4. The van der Waals surface area contributed by atoms with E-state index in [9.17, 15) is 36.7 Å². The maximum Gasteiger partial charge on any atom is 0.228 e. The van der Waals surface area contributed by atoms with E-state index in [1.807, 2.05) is 107 Å². The zero-order chi connectivity index (χ0) is 70.0. The summed E-state index contributed by atoms with van der Waals surface area (Å²) < 4.78 is 52.3. The van der Waals surface area contributed by atoms with Gasteiger partial charge >= 0.3 is 0 Å². The van der Waals surface area contributed by atoms with Crippen molar-refractivity contribution in [3.63, 3.8) is 0 Å². The van der Waals surface area contributed by atoms with Crippen molar-refractivity contribution in [1.29, 1.82) is 0 Å². The Morgan fingerprint density at radius 1 is 0.427 bits per heavy atom. The van der Waals surface area contributed by atoms with Gasteiger partial charge in [-0.1, -0.05) is 69.2 Å². The third-order valence-electron chi connectivity index (χ3n) is 14.4. The van der Waals surface area contributed by atoms with Gasteiger partial charge in [-0.3, -0.25) is 19.2 Å². The molecule has 0 spiro atoms. The van der Waals surface area contributed by atoms with Crippen molar-refractivity contribution in [2.75, 3.05) is 21.3 Å². The molecule has 0 radical (unpaired) electrons. The van der Waals surface area contributed by atoms with Crippen LogP contribution in [0.15, 0.2) is 144 Å². The third kappa shape index (κ3) is 24.9. The molecule has 96 heavy (non-hydrogen) atoms. The summed E-state index contributed by atoms with van der Waals surface area (Å²) in [6, 6.07) is 24.3. The number of anilines is 4. The number of benzene rings is 4. The van der Waals surface area contributed by atoms with Crippen LogP contribution in [0.4, 0.5) is 40.8 Å². The Balaban J connectivity index is 0.000000203. The topological polar surface area (TPSA) is 220 Å². The molecular weight excluding hydrogens is 1220 g/mol. The summed E-state index contributed by atoms with van der Waals surface area (Å²) in [5.74, 6) is 0.843. The highest BCUT2D eigenvalue weighted by atomic mass is 19.1. The van der Waals surface area contributed by atoms with E-state index in [1.54, 1.807) is 73.3 Å². The lowest BCUT2D eigenvalue weighted by molar-refractivity contribution is -0.119. The average molecular weight is 1310 g/mol. The van der Waals surface area contributed by atoms with Gasteiger partial charge in [0.15, 0.2) is 23.3 Å². The number of nitrogens with one attached hydrogen (secondary N) is 4. The summed E-state index contributed by atoms with van der Waals surface area (Å²) >= 11 is 0. The van der Waals surface area contributed by atoms with Crippen molar-refractivity contribution in [3.05, 3.63) is 190 Å². The molecule has 1 aliphatic carbocycles. The van der Waals surface area contributed by atoms with Crippen LogP contribution in [0.2, 0.25) is 0 Å². The summed E-state index contributed by atoms with van der Waals surface area (Å²) in [7, 11) is 0. The number of halogens is 4. The van der Waals surface area contributed by atoms with Crippen LogP contribution in [0.25, 0.3) is 69.3 Å². The molecule has 4 aromatic carbocycles. The lowest BCUT2D eigenvalue weighted by atomic mass is 9.87. The van der Waals surface area contributed by atoms with Crippen molar-refractivity contribution in [2.24, 2.45) is 17.8 Å². The van der Waals surface area contributed by atoms with Crippen molar-refractivity contribution in [1.82, 2.24) is 39.9 Å². The Kier molecular flexibility index (Phi) is 28.8. The highest BCUT2D eigenvalue weighted by Gasteiger charge is 2.20. The second-order valence-electron chi connectivity index (χ2n) is 24.8. The summed E-state index contributed by atoms with van der Waals surface area (Å²) in [5, 5.41) is 11.2. The van der Waals surface area contributed by atoms with Gasteiger partial charge in [-0.25, -0.2) is 57.4 Å². The minimum absolute atomic E-state index is 0.00543. The lowest BCUT2D eigenvalue weighted by Crippen LogP contribution is -2.21. The Bertz CT molecular complexity index is 4060. The molecule has 4 amide bonds. The Labute approximate surface area is 560 Å². The average Bonchev–Trinajstić information content (AvgIpc) is 0.891. The summed E-state index contributed by atoms with van der Waals surface area (Å²) in [6.07, 6.45) is 21.5. The van der Waals surface area contributed by atoms with Crippen molar-refractivity contribution in [3.8, 4) is 45.0 Å². The number of aromatic nitrogens is 8. The minimum Gasteiger partial charge on any atom is -0.309 e. The minimum atomic E-state index is -0.300. The van der Waals surface area contributed by atoms with E-state index >= 15 is 0 Å². The number of hydrogen-bond acceptors (Lipinski definition) is 12. The summed E-state index contributed by atoms with van der Waals surface area (Å²) in [6.45, 7) is 24.8. The molecule has 0 saturated heterocycles. The van der Waals surface area contributed by atoms with E-state index in [0.717, 1.165) is 63.8 Å². The van der Waals surface area contributed by atoms with Gasteiger partial charge < -0.3 is 21.3 Å². The molecule has 1 unspecified atom stereocenters. The van der Waals surface area contributed by atoms with Crippen LogP contribution in [0.3, 0.4) is 0 Å². The first kappa shape index (κ1) is 74.8. The molecule has 1 fully saturated rings. The van der Waals surface area contributed by atoms with Crippen LogP contribution in [-0.2, 0) is 19.2 Å². The fourth-order valence-corrected chi connectivity index (χ4v) is 9.52. The Morgan fingerprint density at radius 3 is 1.00 bits per heavy atom. The molecule has 0 aliphatic heterocycles. The first-order valence-corrected chi connectivity index (χ1v) is 32.0. The number of allylic oxidation sites excluding steroid dienone is 4. The maximum atomic E-state index is 13.2. The van der Waals surface area contributed by atoms with E-state index < -0.39 is 0 Å². The Hall–Kier alpha value is -10.2. The van der Waals surface area contributed by atoms with Crippen LogP contribution in [0, 0.1) is 41.0 Å². The molecule has 9 rings (SSSR count). The van der Waals surface area contributed by atoms with Gasteiger partial charge in [0.05, 0.1) is 47.6 Å². The Morgan fingerprint density at radius 2 is 0.719 bits per heavy atom. The van der Waals surface area contributed by atoms with Gasteiger partial charge in [-0.05, 0) is 208 Å². The smallest absolute Gasteiger partial charge is 0.228 e. The maximum absolute atomic E-state index is 13.2.